The molecule has 1 heterocycles. The molecule has 0 saturated heterocycles. The molecular formula is C14H16N4O3. The van der Waals surface area contributed by atoms with Crippen LogP contribution >= 0.6 is 0 Å². The molecule has 0 fully saturated rings. The van der Waals surface area contributed by atoms with E-state index < -0.39 is 5.91 Å². The molecule has 4 N–H and O–H groups in total. The summed E-state index contributed by atoms with van der Waals surface area (Å²) in [5.41, 5.74) is 6.98. The number of rotatable bonds is 5. The third-order valence-corrected chi connectivity index (χ3v) is 2.78. The minimum absolute atomic E-state index is 0.0313. The van der Waals surface area contributed by atoms with Crippen LogP contribution in [-0.4, -0.2) is 41.2 Å². The van der Waals surface area contributed by atoms with Gasteiger partial charge < -0.3 is 20.9 Å². The van der Waals surface area contributed by atoms with E-state index in [0.29, 0.717) is 11.4 Å². The van der Waals surface area contributed by atoms with E-state index in [9.17, 15) is 4.79 Å². The number of nitrogens with one attached hydrogen (secondary N) is 1. The van der Waals surface area contributed by atoms with Crippen LogP contribution in [0.25, 0.3) is 11.3 Å². The highest BCUT2D eigenvalue weighted by Crippen LogP contribution is 2.22. The summed E-state index contributed by atoms with van der Waals surface area (Å²) in [6, 6.07) is 7.24. The predicted octanol–water partition coefficient (Wildman–Crippen LogP) is 0.456. The lowest BCUT2D eigenvalue weighted by atomic mass is 10.1. The van der Waals surface area contributed by atoms with Gasteiger partial charge in [-0.15, -0.1) is 0 Å². The smallest absolute Gasteiger partial charge is 0.273 e. The zero-order valence-corrected chi connectivity index (χ0v) is 11.5. The van der Waals surface area contributed by atoms with Gasteiger partial charge in [-0.25, -0.2) is 9.97 Å². The molecule has 1 aromatic heterocycles. The fourth-order valence-corrected chi connectivity index (χ4v) is 1.74. The lowest BCUT2D eigenvalue weighted by Crippen LogP contribution is -2.28. The van der Waals surface area contributed by atoms with Gasteiger partial charge in [0, 0.05) is 12.1 Å². The Bertz CT molecular complexity index is 646. The second kappa shape index (κ2) is 6.67. The van der Waals surface area contributed by atoms with Crippen molar-refractivity contribution in [1.29, 1.82) is 0 Å². The van der Waals surface area contributed by atoms with E-state index >= 15 is 0 Å². The van der Waals surface area contributed by atoms with E-state index in [1.54, 1.807) is 13.2 Å². The largest absolute Gasteiger partial charge is 0.497 e. The van der Waals surface area contributed by atoms with Crippen LogP contribution in [-0.2, 0) is 0 Å². The fraction of sp³-hybridized carbons (Fsp3) is 0.214. The first kappa shape index (κ1) is 14.7. The summed E-state index contributed by atoms with van der Waals surface area (Å²) in [6.07, 6.45) is 1.49. The SMILES string of the molecule is COc1cccc(-c2cnc(N)c(C(=O)NCCO)n2)c1. The highest BCUT2D eigenvalue weighted by Gasteiger charge is 2.14. The van der Waals surface area contributed by atoms with Crippen LogP contribution in [0.3, 0.4) is 0 Å². The second-order valence-corrected chi connectivity index (χ2v) is 4.20. The molecule has 0 unspecified atom stereocenters. The first-order valence-corrected chi connectivity index (χ1v) is 6.31. The highest BCUT2D eigenvalue weighted by molar-refractivity contribution is 5.96. The molecule has 7 nitrogen and oxygen atoms in total. The molecule has 2 aromatic rings. The first-order chi connectivity index (χ1) is 10.2. The van der Waals surface area contributed by atoms with Crippen molar-refractivity contribution in [2.45, 2.75) is 0 Å². The van der Waals surface area contributed by atoms with Crippen molar-refractivity contribution in [2.75, 3.05) is 26.0 Å². The summed E-state index contributed by atoms with van der Waals surface area (Å²) in [5, 5.41) is 11.2. The van der Waals surface area contributed by atoms with Gasteiger partial charge in [-0.1, -0.05) is 12.1 Å². The van der Waals surface area contributed by atoms with Gasteiger partial charge in [0.2, 0.25) is 0 Å². The van der Waals surface area contributed by atoms with E-state index in [1.807, 2.05) is 18.2 Å². The number of benzene rings is 1. The lowest BCUT2D eigenvalue weighted by Gasteiger charge is -2.08. The number of hydrogen-bond donors (Lipinski definition) is 3. The van der Waals surface area contributed by atoms with Crippen molar-refractivity contribution < 1.29 is 14.6 Å². The van der Waals surface area contributed by atoms with Gasteiger partial charge in [0.15, 0.2) is 11.5 Å². The van der Waals surface area contributed by atoms with Crippen molar-refractivity contribution in [2.24, 2.45) is 0 Å². The Hall–Kier alpha value is -2.67. The van der Waals surface area contributed by atoms with Crippen LogP contribution < -0.4 is 15.8 Å². The average Bonchev–Trinajstić information content (AvgIpc) is 2.53. The Kier molecular flexibility index (Phi) is 4.68. The lowest BCUT2D eigenvalue weighted by molar-refractivity contribution is 0.0940. The number of methoxy groups -OCH3 is 1. The molecule has 2 rings (SSSR count). The van der Waals surface area contributed by atoms with Gasteiger partial charge in [-0.3, -0.25) is 4.79 Å². The average molecular weight is 288 g/mol. The molecule has 21 heavy (non-hydrogen) atoms. The summed E-state index contributed by atoms with van der Waals surface area (Å²) in [4.78, 5) is 20.1. The number of anilines is 1. The number of carbonyl (C=O) groups excluding carboxylic acids is 1. The number of nitrogens with zero attached hydrogens (tertiary/aromatic N) is 2. The minimum atomic E-state index is -0.473. The quantitative estimate of drug-likeness (QED) is 0.737. The zero-order chi connectivity index (χ0) is 15.2. The normalized spacial score (nSPS) is 10.2. The van der Waals surface area contributed by atoms with Gasteiger partial charge in [0.25, 0.3) is 5.91 Å². The molecule has 110 valence electrons. The molecule has 0 spiro atoms. The summed E-state index contributed by atoms with van der Waals surface area (Å²) >= 11 is 0. The van der Waals surface area contributed by atoms with Crippen molar-refractivity contribution in [1.82, 2.24) is 15.3 Å². The fourth-order valence-electron chi connectivity index (χ4n) is 1.74. The number of amides is 1. The minimum Gasteiger partial charge on any atom is -0.497 e. The highest BCUT2D eigenvalue weighted by atomic mass is 16.5. The van der Waals surface area contributed by atoms with Crippen LogP contribution in [0.4, 0.5) is 5.82 Å². The monoisotopic (exact) mass is 288 g/mol. The molecule has 0 radical (unpaired) electrons. The van der Waals surface area contributed by atoms with Gasteiger partial charge in [-0.2, -0.15) is 0 Å². The third kappa shape index (κ3) is 3.46. The molecule has 0 saturated carbocycles. The second-order valence-electron chi connectivity index (χ2n) is 4.20. The molecule has 0 aliphatic heterocycles. The van der Waals surface area contributed by atoms with Crippen LogP contribution in [0.15, 0.2) is 30.5 Å². The first-order valence-electron chi connectivity index (χ1n) is 6.31. The number of carbonyl (C=O) groups is 1. The van der Waals surface area contributed by atoms with Crippen molar-refractivity contribution in [3.8, 4) is 17.0 Å². The standard InChI is InChI=1S/C14H16N4O3/c1-21-10-4-2-3-9(7-10)11-8-17-13(15)12(18-11)14(20)16-5-6-19/h2-4,7-8,19H,5-6H2,1H3,(H2,15,17)(H,16,20). The van der Waals surface area contributed by atoms with E-state index in [4.69, 9.17) is 15.6 Å². The Labute approximate surface area is 121 Å². The van der Waals surface area contributed by atoms with Crippen LogP contribution in [0.2, 0.25) is 0 Å². The summed E-state index contributed by atoms with van der Waals surface area (Å²) in [5.74, 6) is 0.244. The van der Waals surface area contributed by atoms with E-state index in [2.05, 4.69) is 15.3 Å². The predicted molar refractivity (Wildman–Crippen MR) is 77.9 cm³/mol. The van der Waals surface area contributed by atoms with Crippen LogP contribution in [0.1, 0.15) is 10.5 Å². The van der Waals surface area contributed by atoms with Crippen LogP contribution in [0.5, 0.6) is 5.75 Å². The molecule has 7 heteroatoms. The molecule has 0 bridgehead atoms. The number of aliphatic hydroxyl groups is 1. The molecular weight excluding hydrogens is 272 g/mol. The number of aliphatic hydroxyl groups excluding tert-OH is 1. The Morgan fingerprint density at radius 3 is 3.00 bits per heavy atom. The maximum atomic E-state index is 11.9. The summed E-state index contributed by atoms with van der Waals surface area (Å²) < 4.78 is 5.15. The third-order valence-electron chi connectivity index (χ3n) is 2.78. The number of nitrogens with two attached hydrogens (primary N) is 1. The number of hydrogen-bond acceptors (Lipinski definition) is 6. The molecule has 0 aliphatic rings. The van der Waals surface area contributed by atoms with Crippen molar-refractivity contribution in [3.63, 3.8) is 0 Å². The molecule has 0 aliphatic carbocycles. The maximum Gasteiger partial charge on any atom is 0.273 e. The Morgan fingerprint density at radius 1 is 1.48 bits per heavy atom. The molecule has 1 aromatic carbocycles. The zero-order valence-electron chi connectivity index (χ0n) is 11.5. The van der Waals surface area contributed by atoms with Gasteiger partial charge in [-0.05, 0) is 12.1 Å². The van der Waals surface area contributed by atoms with E-state index in [1.165, 1.54) is 6.20 Å². The van der Waals surface area contributed by atoms with E-state index in [-0.39, 0.29) is 24.7 Å². The Balaban J connectivity index is 2.35. The maximum absolute atomic E-state index is 11.9. The van der Waals surface area contributed by atoms with Gasteiger partial charge in [0.05, 0.1) is 25.6 Å². The van der Waals surface area contributed by atoms with Crippen molar-refractivity contribution >= 4 is 11.7 Å². The molecule has 0 atom stereocenters. The van der Waals surface area contributed by atoms with Crippen LogP contribution in [0, 0.1) is 0 Å². The van der Waals surface area contributed by atoms with Gasteiger partial charge in [0.1, 0.15) is 5.75 Å². The Morgan fingerprint density at radius 2 is 2.29 bits per heavy atom. The van der Waals surface area contributed by atoms with Crippen molar-refractivity contribution in [3.05, 3.63) is 36.2 Å². The number of aromatic nitrogens is 2. The summed E-state index contributed by atoms with van der Waals surface area (Å²) in [6.45, 7) is -0.0298. The van der Waals surface area contributed by atoms with E-state index in [0.717, 1.165) is 5.56 Å². The number of nitrogen functional groups attached to an aromatic ring is 1. The van der Waals surface area contributed by atoms with Gasteiger partial charge >= 0.3 is 0 Å². The number of ether oxygens (including phenoxy) is 1. The molecule has 1 amide bonds. The summed E-state index contributed by atoms with van der Waals surface area (Å²) in [7, 11) is 1.57. The topological polar surface area (TPSA) is 110 Å².